The van der Waals surface area contributed by atoms with Gasteiger partial charge in [0, 0.05) is 0 Å². The van der Waals surface area contributed by atoms with Crippen molar-refractivity contribution in [3.63, 3.8) is 0 Å². The Morgan fingerprint density at radius 3 is 0.871 bits per heavy atom. The van der Waals surface area contributed by atoms with E-state index in [9.17, 15) is 0 Å². The molecule has 0 amide bonds. The summed E-state index contributed by atoms with van der Waals surface area (Å²) in [7, 11) is -3.20. The van der Waals surface area contributed by atoms with Crippen molar-refractivity contribution >= 4 is 35.7 Å². The van der Waals surface area contributed by atoms with Gasteiger partial charge in [0.1, 0.15) is 47.1 Å². The Labute approximate surface area is 188 Å². The van der Waals surface area contributed by atoms with E-state index >= 15 is 0 Å². The molecule has 1 heterocycles. The Hall–Kier alpha value is -2.26. The monoisotopic (exact) mass is 440 g/mol. The zero-order chi connectivity index (χ0) is 21.3. The molecule has 31 heavy (non-hydrogen) atoms. The van der Waals surface area contributed by atoms with Crippen LogP contribution in [0.25, 0.3) is 0 Å². The summed E-state index contributed by atoms with van der Waals surface area (Å²) in [5.74, 6) is 1.28. The summed E-state index contributed by atoms with van der Waals surface area (Å²) in [6.45, 7) is 5.10. The second kappa shape index (κ2) is 8.35. The maximum Gasteiger partial charge on any atom is 0.179 e. The van der Waals surface area contributed by atoms with Crippen molar-refractivity contribution in [3.8, 4) is 0 Å². The van der Waals surface area contributed by atoms with Gasteiger partial charge in [-0.2, -0.15) is 0 Å². The van der Waals surface area contributed by atoms with E-state index in [2.05, 4.69) is 135 Å². The minimum absolute atomic E-state index is 0.631. The topological polar surface area (TPSA) is 0 Å². The summed E-state index contributed by atoms with van der Waals surface area (Å²) in [5, 5.41) is 6.26. The van der Waals surface area contributed by atoms with Crippen LogP contribution in [-0.2, 0) is 0 Å². The number of hydrogen-bond donors (Lipinski definition) is 0. The highest BCUT2D eigenvalue weighted by Gasteiger charge is 2.72. The van der Waals surface area contributed by atoms with Gasteiger partial charge in [-0.1, -0.05) is 72.8 Å². The second-order valence-corrected chi connectivity index (χ2v) is 17.0. The minimum atomic E-state index is -1.60. The number of rotatable bonds is 4. The normalized spacial score (nSPS) is 21.6. The fourth-order valence-corrected chi connectivity index (χ4v) is 21.3. The highest BCUT2D eigenvalue weighted by atomic mass is 31.2. The van der Waals surface area contributed by atoms with Crippen LogP contribution in [0.2, 0.25) is 0 Å². The largest absolute Gasteiger partial charge is 0.179 e. The third-order valence-electron chi connectivity index (χ3n) is 7.40. The second-order valence-electron chi connectivity index (χ2n) is 8.70. The Morgan fingerprint density at radius 1 is 0.419 bits per heavy atom. The molecule has 154 valence electrons. The minimum Gasteiger partial charge on any atom is -0.0620 e. The summed E-state index contributed by atoms with van der Waals surface area (Å²) in [6.07, 6.45) is 0. The summed E-state index contributed by atoms with van der Waals surface area (Å²) >= 11 is 0. The summed E-state index contributed by atoms with van der Waals surface area (Å²) < 4.78 is 0. The molecule has 5 rings (SSSR count). The molecule has 1 aliphatic rings. The average molecular weight is 441 g/mol. The van der Waals surface area contributed by atoms with Crippen LogP contribution in [0.4, 0.5) is 0 Å². The zero-order valence-electron chi connectivity index (χ0n) is 18.3. The van der Waals surface area contributed by atoms with Gasteiger partial charge in [-0.25, -0.2) is 0 Å². The molecule has 0 radical (unpaired) electrons. The molecule has 2 atom stereocenters. The Balaban J connectivity index is 1.82. The molecule has 1 fully saturated rings. The fourth-order valence-electron chi connectivity index (χ4n) is 5.69. The van der Waals surface area contributed by atoms with Gasteiger partial charge in [0.05, 0.1) is 0 Å². The predicted octanol–water partition coefficient (Wildman–Crippen LogP) is 6.07. The molecule has 1 aliphatic heterocycles. The summed E-state index contributed by atoms with van der Waals surface area (Å²) in [4.78, 5) is 0. The molecule has 0 aliphatic carbocycles. The van der Waals surface area contributed by atoms with Gasteiger partial charge in [0.25, 0.3) is 0 Å². The Morgan fingerprint density at radius 2 is 0.645 bits per heavy atom. The molecule has 0 spiro atoms. The van der Waals surface area contributed by atoms with E-state index in [1.165, 1.54) is 5.90 Å². The van der Waals surface area contributed by atoms with Gasteiger partial charge in [-0.05, 0) is 62.4 Å². The molecule has 0 saturated carbocycles. The standard InChI is InChI=1S/C29H30P2/c1-24-25(2)31(28-19-11-5-12-20-28,29-21-13-6-14-22-29)23-30(24,26-15-7-3-8-16-26)27-17-9-4-10-18-27/h3-22,24-25H,23H2,1-2H3/q+2/t24-,25+. The fraction of sp³-hybridized carbons (Fsp3) is 0.172. The molecule has 0 nitrogen and oxygen atoms in total. The lowest BCUT2D eigenvalue weighted by molar-refractivity contribution is 0.912. The van der Waals surface area contributed by atoms with Crippen LogP contribution < -0.4 is 21.2 Å². The van der Waals surface area contributed by atoms with E-state index in [0.717, 1.165) is 0 Å². The van der Waals surface area contributed by atoms with Crippen LogP contribution in [0.1, 0.15) is 13.8 Å². The van der Waals surface area contributed by atoms with E-state index in [1.54, 1.807) is 21.2 Å². The summed E-state index contributed by atoms with van der Waals surface area (Å²) in [6, 6.07) is 45.8. The molecule has 0 unspecified atom stereocenters. The van der Waals surface area contributed by atoms with Crippen molar-refractivity contribution in [3.05, 3.63) is 121 Å². The molecule has 0 aromatic heterocycles. The van der Waals surface area contributed by atoms with Crippen LogP contribution >= 0.6 is 14.5 Å². The third kappa shape index (κ3) is 3.20. The first-order valence-corrected chi connectivity index (χ1v) is 15.3. The van der Waals surface area contributed by atoms with E-state index in [1.807, 2.05) is 0 Å². The lowest BCUT2D eigenvalue weighted by atomic mass is 10.3. The molecule has 2 heteroatoms. The first-order chi connectivity index (χ1) is 15.2. The van der Waals surface area contributed by atoms with Gasteiger partial charge in [0.2, 0.25) is 0 Å². The highest BCUT2D eigenvalue weighted by Crippen LogP contribution is 2.84. The molecule has 4 aromatic carbocycles. The Bertz CT molecular complexity index is 953. The maximum absolute atomic E-state index is 2.55. The van der Waals surface area contributed by atoms with Crippen LogP contribution in [-0.4, -0.2) is 17.2 Å². The van der Waals surface area contributed by atoms with Crippen molar-refractivity contribution in [2.45, 2.75) is 25.2 Å². The summed E-state index contributed by atoms with van der Waals surface area (Å²) in [5.41, 5.74) is 1.26. The van der Waals surface area contributed by atoms with E-state index in [0.29, 0.717) is 11.3 Å². The van der Waals surface area contributed by atoms with Crippen LogP contribution in [0.15, 0.2) is 121 Å². The Kier molecular flexibility index (Phi) is 5.56. The zero-order valence-corrected chi connectivity index (χ0v) is 20.1. The maximum atomic E-state index is 2.55. The lowest BCUT2D eigenvalue weighted by Crippen LogP contribution is -2.31. The molecule has 0 bridgehead atoms. The smallest absolute Gasteiger partial charge is 0.0620 e. The third-order valence-corrected chi connectivity index (χ3v) is 19.8. The van der Waals surface area contributed by atoms with Crippen LogP contribution in [0.5, 0.6) is 0 Å². The first kappa shape index (κ1) is 20.6. The molecule has 4 aromatic rings. The van der Waals surface area contributed by atoms with Crippen LogP contribution in [0.3, 0.4) is 0 Å². The number of benzene rings is 4. The predicted molar refractivity (Wildman–Crippen MR) is 142 cm³/mol. The van der Waals surface area contributed by atoms with Gasteiger partial charge < -0.3 is 0 Å². The van der Waals surface area contributed by atoms with E-state index < -0.39 is 14.5 Å². The lowest BCUT2D eigenvalue weighted by Gasteiger charge is -2.26. The van der Waals surface area contributed by atoms with Crippen molar-refractivity contribution in [2.24, 2.45) is 0 Å². The molecular formula is C29H30P2+2. The SMILES string of the molecule is C[C@@H]1[C@H](C)[P+](c2ccccc2)(c2ccccc2)C[P+]1(c1ccccc1)c1ccccc1. The number of hydrogen-bond acceptors (Lipinski definition) is 0. The van der Waals surface area contributed by atoms with Crippen LogP contribution in [0, 0.1) is 0 Å². The molecule has 1 saturated heterocycles. The van der Waals surface area contributed by atoms with Crippen molar-refractivity contribution in [1.29, 1.82) is 0 Å². The average Bonchev–Trinajstić information content (AvgIpc) is 3.10. The van der Waals surface area contributed by atoms with Gasteiger partial charge in [0.15, 0.2) is 5.90 Å². The molecular weight excluding hydrogens is 410 g/mol. The van der Waals surface area contributed by atoms with Gasteiger partial charge in [-0.3, -0.25) is 0 Å². The quantitative estimate of drug-likeness (QED) is 0.338. The van der Waals surface area contributed by atoms with Crippen molar-refractivity contribution < 1.29 is 0 Å². The first-order valence-electron chi connectivity index (χ1n) is 11.2. The highest BCUT2D eigenvalue weighted by molar-refractivity contribution is 8.08. The van der Waals surface area contributed by atoms with Crippen molar-refractivity contribution in [1.82, 2.24) is 0 Å². The van der Waals surface area contributed by atoms with Gasteiger partial charge in [-0.15, -0.1) is 0 Å². The van der Waals surface area contributed by atoms with E-state index in [4.69, 9.17) is 0 Å². The molecule has 0 N–H and O–H groups in total. The van der Waals surface area contributed by atoms with Gasteiger partial charge >= 0.3 is 0 Å². The van der Waals surface area contributed by atoms with E-state index in [-0.39, 0.29) is 0 Å². The van der Waals surface area contributed by atoms with Crippen molar-refractivity contribution in [2.75, 3.05) is 5.90 Å².